The Morgan fingerprint density at radius 2 is 1.79 bits per heavy atom. The fourth-order valence-corrected chi connectivity index (χ4v) is 4.22. The van der Waals surface area contributed by atoms with E-state index in [1.807, 2.05) is 31.2 Å². The standard InChI is InChI=1S/C22H31N3O4/c1-2-16-9-6-7-13-19(16)29-15-20(26)23-24-21(27)18-12-8-14-25(18)22(28)17-10-4-3-5-11-17/h6-7,9,13,17-18H,2-5,8,10-12,14-15H2,1H3,(H,23,26)(H,24,27). The molecule has 0 bridgehead atoms. The van der Waals surface area contributed by atoms with Crippen LogP contribution in [-0.2, 0) is 20.8 Å². The molecule has 3 rings (SSSR count). The average Bonchev–Trinajstić information content (AvgIpc) is 3.26. The van der Waals surface area contributed by atoms with Gasteiger partial charge in [-0.2, -0.15) is 0 Å². The lowest BCUT2D eigenvalue weighted by molar-refractivity contribution is -0.143. The maximum absolute atomic E-state index is 12.8. The van der Waals surface area contributed by atoms with Crippen molar-refractivity contribution in [3.05, 3.63) is 29.8 Å². The van der Waals surface area contributed by atoms with Gasteiger partial charge in [0, 0.05) is 12.5 Å². The summed E-state index contributed by atoms with van der Waals surface area (Å²) >= 11 is 0. The van der Waals surface area contributed by atoms with Gasteiger partial charge in [-0.1, -0.05) is 44.4 Å². The van der Waals surface area contributed by atoms with E-state index in [2.05, 4.69) is 10.9 Å². The topological polar surface area (TPSA) is 87.7 Å². The third-order valence-corrected chi connectivity index (χ3v) is 5.83. The number of hydrogen-bond acceptors (Lipinski definition) is 4. The van der Waals surface area contributed by atoms with Crippen LogP contribution >= 0.6 is 0 Å². The number of nitrogens with one attached hydrogen (secondary N) is 2. The minimum atomic E-state index is -0.508. The highest BCUT2D eigenvalue weighted by molar-refractivity contribution is 5.90. The molecule has 2 aliphatic rings. The number of para-hydroxylation sites is 1. The molecule has 7 heteroatoms. The Bertz CT molecular complexity index is 731. The average molecular weight is 402 g/mol. The number of amides is 3. The molecular weight excluding hydrogens is 370 g/mol. The Morgan fingerprint density at radius 3 is 2.55 bits per heavy atom. The molecule has 3 amide bonds. The summed E-state index contributed by atoms with van der Waals surface area (Å²) in [4.78, 5) is 39.1. The molecule has 1 atom stereocenters. The third-order valence-electron chi connectivity index (χ3n) is 5.83. The summed E-state index contributed by atoms with van der Waals surface area (Å²) in [5, 5.41) is 0. The fourth-order valence-electron chi connectivity index (χ4n) is 4.22. The van der Waals surface area contributed by atoms with Crippen LogP contribution in [-0.4, -0.2) is 41.8 Å². The van der Waals surface area contributed by atoms with Crippen molar-refractivity contribution in [1.82, 2.24) is 15.8 Å². The number of benzene rings is 1. The van der Waals surface area contributed by atoms with E-state index in [1.54, 1.807) is 4.90 Å². The van der Waals surface area contributed by atoms with Crippen molar-refractivity contribution >= 4 is 17.7 Å². The van der Waals surface area contributed by atoms with Crippen LogP contribution in [0, 0.1) is 5.92 Å². The van der Waals surface area contributed by atoms with Crippen LogP contribution in [0.1, 0.15) is 57.4 Å². The van der Waals surface area contributed by atoms with E-state index in [0.29, 0.717) is 18.7 Å². The molecule has 158 valence electrons. The smallest absolute Gasteiger partial charge is 0.276 e. The highest BCUT2D eigenvalue weighted by Crippen LogP contribution is 2.28. The van der Waals surface area contributed by atoms with Crippen molar-refractivity contribution in [1.29, 1.82) is 0 Å². The second-order valence-electron chi connectivity index (χ2n) is 7.81. The molecule has 1 unspecified atom stereocenters. The van der Waals surface area contributed by atoms with Crippen LogP contribution in [0.2, 0.25) is 0 Å². The van der Waals surface area contributed by atoms with Crippen molar-refractivity contribution < 1.29 is 19.1 Å². The van der Waals surface area contributed by atoms with Gasteiger partial charge in [-0.15, -0.1) is 0 Å². The number of carbonyl (C=O) groups excluding carboxylic acids is 3. The van der Waals surface area contributed by atoms with Crippen LogP contribution in [0.5, 0.6) is 5.75 Å². The van der Waals surface area contributed by atoms with Crippen molar-refractivity contribution in [2.45, 2.75) is 64.3 Å². The summed E-state index contributed by atoms with van der Waals surface area (Å²) in [5.41, 5.74) is 5.89. The van der Waals surface area contributed by atoms with Gasteiger partial charge in [0.25, 0.3) is 11.8 Å². The highest BCUT2D eigenvalue weighted by Gasteiger charge is 2.37. The first-order chi connectivity index (χ1) is 14.1. The fraction of sp³-hybridized carbons (Fsp3) is 0.591. The number of carbonyl (C=O) groups is 3. The number of ether oxygens (including phenoxy) is 1. The molecule has 7 nitrogen and oxygen atoms in total. The Morgan fingerprint density at radius 1 is 1.03 bits per heavy atom. The van der Waals surface area contributed by atoms with Crippen LogP contribution in [0.3, 0.4) is 0 Å². The van der Waals surface area contributed by atoms with Crippen molar-refractivity contribution in [2.24, 2.45) is 5.92 Å². The lowest BCUT2D eigenvalue weighted by Crippen LogP contribution is -2.53. The monoisotopic (exact) mass is 401 g/mol. The van der Waals surface area contributed by atoms with Crippen LogP contribution < -0.4 is 15.6 Å². The summed E-state index contributed by atoms with van der Waals surface area (Å²) < 4.78 is 5.56. The van der Waals surface area contributed by atoms with E-state index in [4.69, 9.17) is 4.74 Å². The minimum absolute atomic E-state index is 0.0405. The molecule has 2 fully saturated rings. The molecule has 1 aromatic carbocycles. The number of nitrogens with zero attached hydrogens (tertiary/aromatic N) is 1. The zero-order chi connectivity index (χ0) is 20.6. The Balaban J connectivity index is 1.46. The van der Waals surface area contributed by atoms with E-state index < -0.39 is 11.9 Å². The SMILES string of the molecule is CCc1ccccc1OCC(=O)NNC(=O)C1CCCN1C(=O)C1CCCCC1. The number of rotatable bonds is 6. The number of aryl methyl sites for hydroxylation is 1. The second-order valence-corrected chi connectivity index (χ2v) is 7.81. The molecule has 0 radical (unpaired) electrons. The quantitative estimate of drug-likeness (QED) is 0.717. The first-order valence-corrected chi connectivity index (χ1v) is 10.7. The molecule has 1 aliphatic carbocycles. The van der Waals surface area contributed by atoms with E-state index in [9.17, 15) is 14.4 Å². The van der Waals surface area contributed by atoms with Crippen molar-refractivity contribution in [3.63, 3.8) is 0 Å². The molecule has 1 heterocycles. The third kappa shape index (κ3) is 5.49. The summed E-state index contributed by atoms with van der Waals surface area (Å²) in [6, 6.07) is 7.04. The zero-order valence-corrected chi connectivity index (χ0v) is 17.1. The first-order valence-electron chi connectivity index (χ1n) is 10.7. The molecule has 1 aromatic rings. The summed E-state index contributed by atoms with van der Waals surface area (Å²) in [6.45, 7) is 2.44. The predicted molar refractivity (Wildman–Crippen MR) is 109 cm³/mol. The lowest BCUT2D eigenvalue weighted by Gasteiger charge is -2.30. The predicted octanol–water partition coefficient (Wildman–Crippen LogP) is 2.35. The van der Waals surface area contributed by atoms with Crippen molar-refractivity contribution in [3.8, 4) is 5.75 Å². The van der Waals surface area contributed by atoms with E-state index >= 15 is 0 Å². The maximum Gasteiger partial charge on any atom is 0.276 e. The van der Waals surface area contributed by atoms with Crippen LogP contribution in [0.15, 0.2) is 24.3 Å². The van der Waals surface area contributed by atoms with Gasteiger partial charge in [0.15, 0.2) is 6.61 Å². The van der Waals surface area contributed by atoms with E-state index in [1.165, 1.54) is 6.42 Å². The highest BCUT2D eigenvalue weighted by atomic mass is 16.5. The Labute approximate surface area is 172 Å². The van der Waals surface area contributed by atoms with Gasteiger partial charge in [0.05, 0.1) is 0 Å². The molecule has 1 aliphatic heterocycles. The van der Waals surface area contributed by atoms with E-state index in [-0.39, 0.29) is 24.3 Å². The summed E-state index contributed by atoms with van der Waals surface area (Å²) in [6.07, 6.45) is 7.41. The van der Waals surface area contributed by atoms with Gasteiger partial charge in [0.2, 0.25) is 5.91 Å². The molecule has 0 aromatic heterocycles. The van der Waals surface area contributed by atoms with Gasteiger partial charge in [-0.25, -0.2) is 0 Å². The molecule has 1 saturated carbocycles. The largest absolute Gasteiger partial charge is 0.483 e. The van der Waals surface area contributed by atoms with Crippen LogP contribution in [0.25, 0.3) is 0 Å². The molecule has 1 saturated heterocycles. The second kappa shape index (κ2) is 10.3. The Hall–Kier alpha value is -2.57. The van der Waals surface area contributed by atoms with Gasteiger partial charge in [0.1, 0.15) is 11.8 Å². The molecule has 0 spiro atoms. The Kier molecular flexibility index (Phi) is 7.49. The first kappa shape index (κ1) is 21.1. The molecular formula is C22H31N3O4. The van der Waals surface area contributed by atoms with Crippen LogP contribution in [0.4, 0.5) is 0 Å². The summed E-state index contributed by atoms with van der Waals surface area (Å²) in [5.74, 6) is 0.0184. The zero-order valence-electron chi connectivity index (χ0n) is 17.1. The van der Waals surface area contributed by atoms with Gasteiger partial charge >= 0.3 is 0 Å². The van der Waals surface area contributed by atoms with E-state index in [0.717, 1.165) is 44.1 Å². The minimum Gasteiger partial charge on any atom is -0.483 e. The normalized spacial score (nSPS) is 19.6. The molecule has 2 N–H and O–H groups in total. The number of hydrazine groups is 1. The maximum atomic E-state index is 12.8. The summed E-state index contributed by atoms with van der Waals surface area (Å²) in [7, 11) is 0. The van der Waals surface area contributed by atoms with Crippen molar-refractivity contribution in [2.75, 3.05) is 13.2 Å². The van der Waals surface area contributed by atoms with Gasteiger partial charge < -0.3 is 9.64 Å². The number of likely N-dealkylation sites (tertiary alicyclic amines) is 1. The van der Waals surface area contributed by atoms with Gasteiger partial charge in [-0.05, 0) is 43.7 Å². The number of hydrogen-bond donors (Lipinski definition) is 2. The lowest BCUT2D eigenvalue weighted by atomic mass is 9.88. The molecule has 29 heavy (non-hydrogen) atoms. The van der Waals surface area contributed by atoms with Gasteiger partial charge in [-0.3, -0.25) is 25.2 Å².